The molecular weight excluding hydrogens is 360 g/mol. The number of piperidine rings is 1. The highest BCUT2D eigenvalue weighted by Gasteiger charge is 2.24. The standard InChI is InChI=1S/C21H34N2O3S/c1-3-4-8-14-23(27(2,25)26)17-13-21(24)22-15-11-20(12-16-22)18-19-9-6-5-7-10-19/h5-7,9-10,20H,3-4,8,11-18H2,1-2H3. The predicted octanol–water partition coefficient (Wildman–Crippen LogP) is 3.31. The Morgan fingerprint density at radius 2 is 1.78 bits per heavy atom. The van der Waals surface area contributed by atoms with Gasteiger partial charge in [0.2, 0.25) is 15.9 Å². The molecule has 2 rings (SSSR count). The fraction of sp³-hybridized carbons (Fsp3) is 0.667. The molecule has 0 aliphatic carbocycles. The first kappa shape index (κ1) is 21.9. The molecule has 0 saturated carbocycles. The maximum absolute atomic E-state index is 12.5. The topological polar surface area (TPSA) is 57.7 Å². The molecule has 1 fully saturated rings. The van der Waals surface area contributed by atoms with Gasteiger partial charge in [0.1, 0.15) is 0 Å². The quantitative estimate of drug-likeness (QED) is 0.572. The predicted molar refractivity (Wildman–Crippen MR) is 110 cm³/mol. The Bertz CT molecular complexity index is 668. The van der Waals surface area contributed by atoms with Crippen LogP contribution in [0.4, 0.5) is 0 Å². The average molecular weight is 395 g/mol. The second kappa shape index (κ2) is 10.8. The maximum atomic E-state index is 12.5. The van der Waals surface area contributed by atoms with Crippen molar-refractivity contribution >= 4 is 15.9 Å². The van der Waals surface area contributed by atoms with E-state index in [1.54, 1.807) is 0 Å². The SMILES string of the molecule is CCCCCN(CCC(=O)N1CCC(Cc2ccccc2)CC1)S(C)(=O)=O. The number of likely N-dealkylation sites (tertiary alicyclic amines) is 1. The van der Waals surface area contributed by atoms with E-state index in [2.05, 4.69) is 31.2 Å². The number of benzene rings is 1. The van der Waals surface area contributed by atoms with E-state index in [0.717, 1.165) is 51.6 Å². The molecule has 1 amide bonds. The van der Waals surface area contributed by atoms with Crippen molar-refractivity contribution in [2.75, 3.05) is 32.4 Å². The third-order valence-corrected chi connectivity index (χ3v) is 6.69. The summed E-state index contributed by atoms with van der Waals surface area (Å²) in [4.78, 5) is 14.4. The zero-order valence-electron chi connectivity index (χ0n) is 16.8. The average Bonchev–Trinajstić information content (AvgIpc) is 2.65. The second-order valence-corrected chi connectivity index (χ2v) is 9.62. The third kappa shape index (κ3) is 7.62. The minimum Gasteiger partial charge on any atom is -0.343 e. The van der Waals surface area contributed by atoms with Gasteiger partial charge in [-0.25, -0.2) is 12.7 Å². The number of carbonyl (C=O) groups is 1. The molecule has 1 heterocycles. The summed E-state index contributed by atoms with van der Waals surface area (Å²) in [6.45, 7) is 4.47. The van der Waals surface area contributed by atoms with Crippen molar-refractivity contribution < 1.29 is 13.2 Å². The van der Waals surface area contributed by atoms with Crippen LogP contribution in [-0.2, 0) is 21.2 Å². The zero-order valence-corrected chi connectivity index (χ0v) is 17.6. The summed E-state index contributed by atoms with van der Waals surface area (Å²) >= 11 is 0. The van der Waals surface area contributed by atoms with Crippen LogP contribution in [0, 0.1) is 5.92 Å². The largest absolute Gasteiger partial charge is 0.343 e. The molecule has 1 aromatic rings. The molecule has 5 nitrogen and oxygen atoms in total. The molecule has 0 N–H and O–H groups in total. The van der Waals surface area contributed by atoms with Gasteiger partial charge in [-0.3, -0.25) is 4.79 Å². The monoisotopic (exact) mass is 394 g/mol. The number of amides is 1. The summed E-state index contributed by atoms with van der Waals surface area (Å²) in [6, 6.07) is 10.5. The van der Waals surface area contributed by atoms with Crippen LogP contribution in [-0.4, -0.2) is 56.0 Å². The smallest absolute Gasteiger partial charge is 0.223 e. The normalized spacial score (nSPS) is 16.0. The van der Waals surface area contributed by atoms with Gasteiger partial charge in [0.15, 0.2) is 0 Å². The Morgan fingerprint density at radius 3 is 2.37 bits per heavy atom. The number of rotatable bonds is 10. The molecule has 1 aliphatic heterocycles. The van der Waals surface area contributed by atoms with E-state index < -0.39 is 10.0 Å². The highest BCUT2D eigenvalue weighted by atomic mass is 32.2. The van der Waals surface area contributed by atoms with Gasteiger partial charge in [0.25, 0.3) is 0 Å². The lowest BCUT2D eigenvalue weighted by atomic mass is 9.90. The lowest BCUT2D eigenvalue weighted by molar-refractivity contribution is -0.132. The van der Waals surface area contributed by atoms with Gasteiger partial charge in [-0.1, -0.05) is 50.1 Å². The maximum Gasteiger partial charge on any atom is 0.223 e. The lowest BCUT2D eigenvalue weighted by Crippen LogP contribution is -2.41. The summed E-state index contributed by atoms with van der Waals surface area (Å²) in [5.74, 6) is 0.704. The third-order valence-electron chi connectivity index (χ3n) is 5.39. The second-order valence-electron chi connectivity index (χ2n) is 7.63. The number of hydrogen-bond acceptors (Lipinski definition) is 3. The molecular formula is C21H34N2O3S. The molecule has 152 valence electrons. The van der Waals surface area contributed by atoms with E-state index in [0.29, 0.717) is 19.0 Å². The van der Waals surface area contributed by atoms with E-state index in [4.69, 9.17) is 0 Å². The van der Waals surface area contributed by atoms with Crippen molar-refractivity contribution in [3.05, 3.63) is 35.9 Å². The summed E-state index contributed by atoms with van der Waals surface area (Å²) in [5.41, 5.74) is 1.36. The summed E-state index contributed by atoms with van der Waals surface area (Å²) in [7, 11) is -3.25. The van der Waals surface area contributed by atoms with Crippen LogP contribution < -0.4 is 0 Å². The van der Waals surface area contributed by atoms with Gasteiger partial charge >= 0.3 is 0 Å². The van der Waals surface area contributed by atoms with Gasteiger partial charge in [-0.05, 0) is 37.2 Å². The van der Waals surface area contributed by atoms with Crippen molar-refractivity contribution in [1.29, 1.82) is 0 Å². The molecule has 1 aliphatic rings. The number of carbonyl (C=O) groups excluding carboxylic acids is 1. The fourth-order valence-corrected chi connectivity index (χ4v) is 4.58. The molecule has 0 spiro atoms. The van der Waals surface area contributed by atoms with Crippen molar-refractivity contribution in [1.82, 2.24) is 9.21 Å². The van der Waals surface area contributed by atoms with Gasteiger partial charge in [-0.15, -0.1) is 0 Å². The minimum atomic E-state index is -3.25. The Labute approximate surface area is 164 Å². The number of hydrogen-bond donors (Lipinski definition) is 0. The van der Waals surface area contributed by atoms with Crippen molar-refractivity contribution in [3.8, 4) is 0 Å². The highest BCUT2D eigenvalue weighted by molar-refractivity contribution is 7.88. The Hall–Kier alpha value is -1.40. The van der Waals surface area contributed by atoms with Gasteiger partial charge in [-0.2, -0.15) is 0 Å². The Balaban J connectivity index is 1.76. The Kier molecular flexibility index (Phi) is 8.77. The van der Waals surface area contributed by atoms with Gasteiger partial charge < -0.3 is 4.90 Å². The van der Waals surface area contributed by atoms with Crippen LogP contribution in [0.25, 0.3) is 0 Å². The van der Waals surface area contributed by atoms with E-state index in [1.807, 2.05) is 11.0 Å². The Morgan fingerprint density at radius 1 is 1.11 bits per heavy atom. The molecule has 0 atom stereocenters. The van der Waals surface area contributed by atoms with Crippen LogP contribution in [0.2, 0.25) is 0 Å². The van der Waals surface area contributed by atoms with Crippen molar-refractivity contribution in [2.45, 2.75) is 51.9 Å². The van der Waals surface area contributed by atoms with Gasteiger partial charge in [0.05, 0.1) is 6.26 Å². The molecule has 0 aromatic heterocycles. The molecule has 0 radical (unpaired) electrons. The fourth-order valence-electron chi connectivity index (χ4n) is 3.69. The van der Waals surface area contributed by atoms with Crippen LogP contribution >= 0.6 is 0 Å². The molecule has 1 saturated heterocycles. The number of sulfonamides is 1. The molecule has 0 bridgehead atoms. The van der Waals surface area contributed by atoms with Crippen LogP contribution in [0.1, 0.15) is 51.0 Å². The van der Waals surface area contributed by atoms with Crippen LogP contribution in [0.5, 0.6) is 0 Å². The zero-order chi connectivity index (χ0) is 19.7. The molecule has 27 heavy (non-hydrogen) atoms. The van der Waals surface area contributed by atoms with Crippen LogP contribution in [0.3, 0.4) is 0 Å². The van der Waals surface area contributed by atoms with Gasteiger partial charge in [0, 0.05) is 32.6 Å². The number of unbranched alkanes of at least 4 members (excludes halogenated alkanes) is 2. The molecule has 1 aromatic carbocycles. The van der Waals surface area contributed by atoms with E-state index in [1.165, 1.54) is 16.1 Å². The van der Waals surface area contributed by atoms with Crippen LogP contribution in [0.15, 0.2) is 30.3 Å². The van der Waals surface area contributed by atoms with Crippen molar-refractivity contribution in [2.24, 2.45) is 5.92 Å². The summed E-state index contributed by atoms with van der Waals surface area (Å²) in [5, 5.41) is 0. The van der Waals surface area contributed by atoms with E-state index in [9.17, 15) is 13.2 Å². The molecule has 0 unspecified atom stereocenters. The first-order valence-corrected chi connectivity index (χ1v) is 12.0. The molecule has 6 heteroatoms. The van der Waals surface area contributed by atoms with E-state index in [-0.39, 0.29) is 12.3 Å². The number of nitrogens with zero attached hydrogens (tertiary/aromatic N) is 2. The first-order chi connectivity index (χ1) is 12.9. The highest BCUT2D eigenvalue weighted by Crippen LogP contribution is 2.22. The summed E-state index contributed by atoms with van der Waals surface area (Å²) < 4.78 is 25.3. The lowest BCUT2D eigenvalue weighted by Gasteiger charge is -2.32. The van der Waals surface area contributed by atoms with Crippen molar-refractivity contribution in [3.63, 3.8) is 0 Å². The summed E-state index contributed by atoms with van der Waals surface area (Å²) in [6.07, 6.45) is 7.54. The minimum absolute atomic E-state index is 0.0808. The first-order valence-electron chi connectivity index (χ1n) is 10.2. The van der Waals surface area contributed by atoms with E-state index >= 15 is 0 Å².